The summed E-state index contributed by atoms with van der Waals surface area (Å²) in [6.45, 7) is 7.19. The van der Waals surface area contributed by atoms with Gasteiger partial charge in [0.15, 0.2) is 0 Å². The molecule has 0 bridgehead atoms. The van der Waals surface area contributed by atoms with Crippen LogP contribution in [0.2, 0.25) is 0 Å². The molecule has 4 nitrogen and oxygen atoms in total. The van der Waals surface area contributed by atoms with Gasteiger partial charge in [0, 0.05) is 6.54 Å². The van der Waals surface area contributed by atoms with Crippen molar-refractivity contribution in [2.24, 2.45) is 0 Å². The minimum atomic E-state index is -0.249. The molecule has 0 aromatic heterocycles. The molecule has 0 saturated heterocycles. The van der Waals surface area contributed by atoms with Crippen LogP contribution < -0.4 is 10.1 Å². The van der Waals surface area contributed by atoms with Gasteiger partial charge < -0.3 is 10.1 Å². The summed E-state index contributed by atoms with van der Waals surface area (Å²) in [5.41, 5.74) is 3.14. The van der Waals surface area contributed by atoms with Gasteiger partial charge in [-0.25, -0.2) is 0 Å². The number of para-hydroxylation sites is 2. The molecule has 0 aliphatic rings. The van der Waals surface area contributed by atoms with Crippen molar-refractivity contribution < 1.29 is 9.53 Å². The Labute approximate surface area is 144 Å². The second kappa shape index (κ2) is 8.50. The molecule has 24 heavy (non-hydrogen) atoms. The molecule has 1 atom stereocenters. The number of amides is 1. The highest BCUT2D eigenvalue weighted by molar-refractivity contribution is 5.95. The fourth-order valence-electron chi connectivity index (χ4n) is 2.41. The van der Waals surface area contributed by atoms with Gasteiger partial charge in [0.05, 0.1) is 18.3 Å². The summed E-state index contributed by atoms with van der Waals surface area (Å²) in [6.07, 6.45) is 0. The van der Waals surface area contributed by atoms with Crippen LogP contribution in [-0.4, -0.2) is 30.5 Å². The smallest absolute Gasteiger partial charge is 0.241 e. The minimum absolute atomic E-state index is 0.0447. The zero-order valence-corrected chi connectivity index (χ0v) is 14.9. The average molecular weight is 326 g/mol. The molecule has 0 aliphatic carbocycles. The molecule has 2 aromatic carbocycles. The molecule has 2 rings (SSSR count). The number of nitrogens with one attached hydrogen (secondary N) is 1. The van der Waals surface area contributed by atoms with Crippen LogP contribution >= 0.6 is 0 Å². The van der Waals surface area contributed by atoms with Crippen LogP contribution in [0.5, 0.6) is 5.75 Å². The van der Waals surface area contributed by atoms with Crippen LogP contribution in [0.15, 0.2) is 48.5 Å². The van der Waals surface area contributed by atoms with E-state index in [2.05, 4.69) is 36.5 Å². The number of anilines is 1. The first-order valence-electron chi connectivity index (χ1n) is 8.29. The van der Waals surface area contributed by atoms with Gasteiger partial charge in [-0.2, -0.15) is 0 Å². The molecule has 0 unspecified atom stereocenters. The highest BCUT2D eigenvalue weighted by atomic mass is 16.5. The van der Waals surface area contributed by atoms with Gasteiger partial charge in [0.2, 0.25) is 5.91 Å². The maximum atomic E-state index is 12.5. The fraction of sp³-hybridized carbons (Fsp3) is 0.350. The van der Waals surface area contributed by atoms with Crippen LogP contribution in [0.3, 0.4) is 0 Å². The molecule has 0 fully saturated rings. The first-order valence-corrected chi connectivity index (χ1v) is 8.29. The lowest BCUT2D eigenvalue weighted by Gasteiger charge is -2.24. The summed E-state index contributed by atoms with van der Waals surface area (Å²) in [4.78, 5) is 14.6. The second-order valence-corrected chi connectivity index (χ2v) is 6.00. The average Bonchev–Trinajstić information content (AvgIpc) is 2.58. The van der Waals surface area contributed by atoms with Crippen LogP contribution in [0.25, 0.3) is 0 Å². The van der Waals surface area contributed by atoms with Gasteiger partial charge in [-0.15, -0.1) is 0 Å². The van der Waals surface area contributed by atoms with Crippen molar-refractivity contribution in [2.45, 2.75) is 33.4 Å². The molecule has 4 heteroatoms. The van der Waals surface area contributed by atoms with E-state index in [0.717, 1.165) is 6.54 Å². The molecule has 1 N–H and O–H groups in total. The van der Waals surface area contributed by atoms with Crippen LogP contribution in [0.4, 0.5) is 5.69 Å². The highest BCUT2D eigenvalue weighted by Crippen LogP contribution is 2.24. The highest BCUT2D eigenvalue weighted by Gasteiger charge is 2.19. The molecular weight excluding hydrogens is 300 g/mol. The Balaban J connectivity index is 1.99. The van der Waals surface area contributed by atoms with Gasteiger partial charge >= 0.3 is 0 Å². The van der Waals surface area contributed by atoms with Crippen molar-refractivity contribution in [1.82, 2.24) is 4.90 Å². The standard InChI is InChI=1S/C20H26N2O2/c1-5-24-19-9-7-6-8-18(19)21-20(23)16(3)22(4)14-17-12-10-15(2)11-13-17/h6-13,16H,5,14H2,1-4H3,(H,21,23)/t16-/m0/s1. The number of rotatable bonds is 7. The van der Waals surface area contributed by atoms with Gasteiger partial charge in [-0.05, 0) is 45.5 Å². The monoisotopic (exact) mass is 326 g/mol. The third kappa shape index (κ3) is 4.83. The number of hydrogen-bond acceptors (Lipinski definition) is 3. The van der Waals surface area contributed by atoms with Crippen molar-refractivity contribution in [2.75, 3.05) is 19.0 Å². The van der Waals surface area contributed by atoms with Gasteiger partial charge in [-0.3, -0.25) is 9.69 Å². The quantitative estimate of drug-likeness (QED) is 0.840. The third-order valence-electron chi connectivity index (χ3n) is 4.04. The maximum Gasteiger partial charge on any atom is 0.241 e. The molecule has 0 aliphatic heterocycles. The van der Waals surface area contributed by atoms with Gasteiger partial charge in [0.1, 0.15) is 5.75 Å². The zero-order chi connectivity index (χ0) is 17.5. The van der Waals surface area contributed by atoms with E-state index in [0.29, 0.717) is 18.0 Å². The third-order valence-corrected chi connectivity index (χ3v) is 4.04. The first-order chi connectivity index (χ1) is 11.5. The van der Waals surface area contributed by atoms with Crippen molar-refractivity contribution >= 4 is 11.6 Å². The number of likely N-dealkylation sites (N-methyl/N-ethyl adjacent to an activating group) is 1. The van der Waals surface area contributed by atoms with Crippen LogP contribution in [0, 0.1) is 6.92 Å². The second-order valence-electron chi connectivity index (χ2n) is 6.00. The van der Waals surface area contributed by atoms with Gasteiger partial charge in [0.25, 0.3) is 0 Å². The van der Waals surface area contributed by atoms with E-state index in [1.165, 1.54) is 11.1 Å². The van der Waals surface area contributed by atoms with E-state index in [4.69, 9.17) is 4.74 Å². The Morgan fingerprint density at radius 2 is 1.83 bits per heavy atom. The molecule has 1 amide bonds. The lowest BCUT2D eigenvalue weighted by atomic mass is 10.1. The van der Waals surface area contributed by atoms with Crippen LogP contribution in [-0.2, 0) is 11.3 Å². The largest absolute Gasteiger partial charge is 0.492 e. The number of nitrogens with zero attached hydrogens (tertiary/aromatic N) is 1. The predicted molar refractivity (Wildman–Crippen MR) is 98.3 cm³/mol. The Bertz CT molecular complexity index is 668. The molecule has 0 radical (unpaired) electrons. The molecule has 0 saturated carbocycles. The molecule has 0 spiro atoms. The first kappa shape index (κ1) is 18.0. The molecular formula is C20H26N2O2. The van der Waals surface area contributed by atoms with E-state index >= 15 is 0 Å². The lowest BCUT2D eigenvalue weighted by molar-refractivity contribution is -0.120. The molecule has 2 aromatic rings. The lowest BCUT2D eigenvalue weighted by Crippen LogP contribution is -2.39. The van der Waals surface area contributed by atoms with Crippen molar-refractivity contribution in [1.29, 1.82) is 0 Å². The van der Waals surface area contributed by atoms with Gasteiger partial charge in [-0.1, -0.05) is 42.0 Å². The van der Waals surface area contributed by atoms with Crippen molar-refractivity contribution in [3.63, 3.8) is 0 Å². The number of hydrogen-bond donors (Lipinski definition) is 1. The van der Waals surface area contributed by atoms with Crippen molar-refractivity contribution in [3.05, 3.63) is 59.7 Å². The zero-order valence-electron chi connectivity index (χ0n) is 14.9. The number of aryl methyl sites for hydroxylation is 1. The Kier molecular flexibility index (Phi) is 6.38. The van der Waals surface area contributed by atoms with E-state index in [9.17, 15) is 4.79 Å². The number of ether oxygens (including phenoxy) is 1. The normalized spacial score (nSPS) is 12.0. The Morgan fingerprint density at radius 1 is 1.17 bits per heavy atom. The van der Waals surface area contributed by atoms with E-state index in [1.807, 2.05) is 50.1 Å². The van der Waals surface area contributed by atoms with E-state index in [-0.39, 0.29) is 11.9 Å². The minimum Gasteiger partial charge on any atom is -0.492 e. The van der Waals surface area contributed by atoms with E-state index in [1.54, 1.807) is 0 Å². The predicted octanol–water partition coefficient (Wildman–Crippen LogP) is 3.85. The summed E-state index contributed by atoms with van der Waals surface area (Å²) in [5, 5.41) is 2.97. The van der Waals surface area contributed by atoms with Crippen LogP contribution in [0.1, 0.15) is 25.0 Å². The number of carbonyl (C=O) groups excluding carboxylic acids is 1. The summed E-state index contributed by atoms with van der Waals surface area (Å²) < 4.78 is 5.56. The topological polar surface area (TPSA) is 41.6 Å². The van der Waals surface area contributed by atoms with Crippen molar-refractivity contribution in [3.8, 4) is 5.75 Å². The SMILES string of the molecule is CCOc1ccccc1NC(=O)[C@H](C)N(C)Cc1ccc(C)cc1. The number of carbonyl (C=O) groups is 1. The summed E-state index contributed by atoms with van der Waals surface area (Å²) >= 11 is 0. The summed E-state index contributed by atoms with van der Waals surface area (Å²) in [7, 11) is 1.96. The maximum absolute atomic E-state index is 12.5. The fourth-order valence-corrected chi connectivity index (χ4v) is 2.41. The Morgan fingerprint density at radius 3 is 2.50 bits per heavy atom. The summed E-state index contributed by atoms with van der Waals surface area (Å²) in [6, 6.07) is 15.6. The Hall–Kier alpha value is -2.33. The molecule has 0 heterocycles. The summed E-state index contributed by atoms with van der Waals surface area (Å²) in [5.74, 6) is 0.651. The molecule has 128 valence electrons. The number of benzene rings is 2. The van der Waals surface area contributed by atoms with E-state index < -0.39 is 0 Å².